The van der Waals surface area contributed by atoms with Crippen LogP contribution in [0.25, 0.3) is 0 Å². The molecule has 1 saturated heterocycles. The molecule has 2 heterocycles. The first-order valence-electron chi connectivity index (χ1n) is 6.63. The number of hydrogen-bond donors (Lipinski definition) is 1. The number of fused-ring (bicyclic) bond motifs is 1. The third-order valence-corrected chi connectivity index (χ3v) is 4.51. The Kier molecular flexibility index (Phi) is 1.85. The maximum absolute atomic E-state index is 6.40. The van der Waals surface area contributed by atoms with Gasteiger partial charge in [0.05, 0.1) is 5.54 Å². The minimum Gasteiger partial charge on any atom is -0.352 e. The Hall–Kier alpha value is -1.16. The summed E-state index contributed by atoms with van der Waals surface area (Å²) in [5.74, 6) is 1.93. The molecule has 0 spiro atoms. The van der Waals surface area contributed by atoms with Crippen LogP contribution in [0.15, 0.2) is 6.33 Å². The SMILES string of the molecule is NC1(C2CC2)CN(c2ncnc3c2CCC3)C1. The highest BCUT2D eigenvalue weighted by atomic mass is 15.3. The second-order valence-electron chi connectivity index (χ2n) is 5.84. The molecule has 0 aromatic carbocycles. The molecule has 2 aliphatic carbocycles. The molecule has 1 saturated carbocycles. The first kappa shape index (κ1) is 9.83. The lowest BCUT2D eigenvalue weighted by molar-refractivity contribution is 0.288. The molecule has 0 atom stereocenters. The standard InChI is InChI=1S/C13H18N4/c14-13(9-4-5-9)6-17(7-13)12-10-2-1-3-11(10)15-8-16-12/h8-9H,1-7,14H2. The van der Waals surface area contributed by atoms with Gasteiger partial charge in [-0.1, -0.05) is 0 Å². The van der Waals surface area contributed by atoms with Gasteiger partial charge in [-0.2, -0.15) is 0 Å². The second-order valence-corrected chi connectivity index (χ2v) is 5.84. The van der Waals surface area contributed by atoms with E-state index in [0.717, 1.165) is 37.7 Å². The van der Waals surface area contributed by atoms with Crippen molar-refractivity contribution < 1.29 is 0 Å². The monoisotopic (exact) mass is 230 g/mol. The topological polar surface area (TPSA) is 55.0 Å². The molecular formula is C13H18N4. The zero-order chi connectivity index (χ0) is 11.5. The van der Waals surface area contributed by atoms with Crippen LogP contribution in [0.1, 0.15) is 30.5 Å². The van der Waals surface area contributed by atoms with Crippen molar-refractivity contribution in [3.63, 3.8) is 0 Å². The fraction of sp³-hybridized carbons (Fsp3) is 0.692. The van der Waals surface area contributed by atoms with Gasteiger partial charge in [0.25, 0.3) is 0 Å². The number of rotatable bonds is 2. The predicted octanol–water partition coefficient (Wildman–Crippen LogP) is 0.893. The van der Waals surface area contributed by atoms with Crippen molar-refractivity contribution in [3.05, 3.63) is 17.6 Å². The van der Waals surface area contributed by atoms with Crippen molar-refractivity contribution in [2.24, 2.45) is 11.7 Å². The van der Waals surface area contributed by atoms with Crippen molar-refractivity contribution in [2.45, 2.75) is 37.6 Å². The summed E-state index contributed by atoms with van der Waals surface area (Å²) in [5, 5.41) is 0. The normalized spacial score (nSPS) is 25.6. The first-order valence-corrected chi connectivity index (χ1v) is 6.63. The number of anilines is 1. The van der Waals surface area contributed by atoms with Crippen molar-refractivity contribution in [2.75, 3.05) is 18.0 Å². The fourth-order valence-corrected chi connectivity index (χ4v) is 3.35. The van der Waals surface area contributed by atoms with Crippen molar-refractivity contribution in [1.82, 2.24) is 9.97 Å². The van der Waals surface area contributed by atoms with Crippen LogP contribution in [-0.4, -0.2) is 28.6 Å². The van der Waals surface area contributed by atoms with Gasteiger partial charge < -0.3 is 10.6 Å². The lowest BCUT2D eigenvalue weighted by Crippen LogP contribution is -2.69. The molecular weight excluding hydrogens is 212 g/mol. The van der Waals surface area contributed by atoms with Crippen LogP contribution in [-0.2, 0) is 12.8 Å². The molecule has 3 aliphatic rings. The van der Waals surface area contributed by atoms with Crippen LogP contribution < -0.4 is 10.6 Å². The summed E-state index contributed by atoms with van der Waals surface area (Å²) in [6, 6.07) is 0. The minimum absolute atomic E-state index is 0.0798. The Bertz CT molecular complexity index is 460. The van der Waals surface area contributed by atoms with Gasteiger partial charge >= 0.3 is 0 Å². The molecule has 4 heteroatoms. The summed E-state index contributed by atoms with van der Waals surface area (Å²) in [6.07, 6.45) is 7.86. The van der Waals surface area contributed by atoms with Crippen molar-refractivity contribution >= 4 is 5.82 Å². The summed E-state index contributed by atoms with van der Waals surface area (Å²) in [6.45, 7) is 1.97. The van der Waals surface area contributed by atoms with Crippen LogP contribution >= 0.6 is 0 Å². The number of nitrogens with zero attached hydrogens (tertiary/aromatic N) is 3. The van der Waals surface area contributed by atoms with Crippen LogP contribution in [0.2, 0.25) is 0 Å². The number of nitrogens with two attached hydrogens (primary N) is 1. The van der Waals surface area contributed by atoms with Gasteiger partial charge in [-0.3, -0.25) is 0 Å². The molecule has 2 N–H and O–H groups in total. The Morgan fingerprint density at radius 2 is 2.06 bits per heavy atom. The van der Waals surface area contributed by atoms with Gasteiger partial charge in [0.2, 0.25) is 0 Å². The molecule has 0 bridgehead atoms. The zero-order valence-electron chi connectivity index (χ0n) is 10.0. The average Bonchev–Trinajstić information content (AvgIpc) is 3.03. The summed E-state index contributed by atoms with van der Waals surface area (Å²) in [7, 11) is 0. The minimum atomic E-state index is 0.0798. The summed E-state index contributed by atoms with van der Waals surface area (Å²) < 4.78 is 0. The molecule has 0 amide bonds. The molecule has 1 aromatic heterocycles. The van der Waals surface area contributed by atoms with E-state index < -0.39 is 0 Å². The summed E-state index contributed by atoms with van der Waals surface area (Å²) in [5.41, 5.74) is 9.12. The summed E-state index contributed by atoms with van der Waals surface area (Å²) >= 11 is 0. The number of hydrogen-bond acceptors (Lipinski definition) is 4. The van der Waals surface area contributed by atoms with Gasteiger partial charge in [0.1, 0.15) is 12.1 Å². The molecule has 2 fully saturated rings. The number of aromatic nitrogens is 2. The van der Waals surface area contributed by atoms with E-state index in [4.69, 9.17) is 5.73 Å². The molecule has 90 valence electrons. The largest absolute Gasteiger partial charge is 0.352 e. The van der Waals surface area contributed by atoms with E-state index in [9.17, 15) is 0 Å². The van der Waals surface area contributed by atoms with E-state index in [2.05, 4.69) is 14.9 Å². The highest BCUT2D eigenvalue weighted by Crippen LogP contribution is 2.44. The van der Waals surface area contributed by atoms with E-state index in [1.54, 1.807) is 6.33 Å². The van der Waals surface area contributed by atoms with Gasteiger partial charge in [0.15, 0.2) is 0 Å². The Balaban J connectivity index is 1.59. The fourth-order valence-electron chi connectivity index (χ4n) is 3.35. The quantitative estimate of drug-likeness (QED) is 0.820. The smallest absolute Gasteiger partial charge is 0.135 e. The Labute approximate surface area is 101 Å². The van der Waals surface area contributed by atoms with Gasteiger partial charge in [-0.15, -0.1) is 0 Å². The van der Waals surface area contributed by atoms with Gasteiger partial charge in [-0.05, 0) is 38.0 Å². The highest BCUT2D eigenvalue weighted by Gasteiger charge is 2.51. The Morgan fingerprint density at radius 3 is 2.82 bits per heavy atom. The first-order chi connectivity index (χ1) is 8.26. The molecule has 0 radical (unpaired) electrons. The molecule has 1 aliphatic heterocycles. The highest BCUT2D eigenvalue weighted by molar-refractivity contribution is 5.54. The molecule has 17 heavy (non-hydrogen) atoms. The maximum Gasteiger partial charge on any atom is 0.135 e. The van der Waals surface area contributed by atoms with Gasteiger partial charge in [0, 0.05) is 24.3 Å². The summed E-state index contributed by atoms with van der Waals surface area (Å²) in [4.78, 5) is 11.2. The maximum atomic E-state index is 6.40. The van der Waals surface area contributed by atoms with Crippen LogP contribution in [0.5, 0.6) is 0 Å². The second kappa shape index (κ2) is 3.19. The van der Waals surface area contributed by atoms with E-state index in [1.165, 1.54) is 30.5 Å². The third-order valence-electron chi connectivity index (χ3n) is 4.51. The van der Waals surface area contributed by atoms with E-state index in [0.29, 0.717) is 0 Å². The Morgan fingerprint density at radius 1 is 1.24 bits per heavy atom. The molecule has 1 aromatic rings. The molecule has 0 unspecified atom stereocenters. The van der Waals surface area contributed by atoms with E-state index in [1.807, 2.05) is 0 Å². The van der Waals surface area contributed by atoms with Crippen molar-refractivity contribution in [3.8, 4) is 0 Å². The van der Waals surface area contributed by atoms with Crippen LogP contribution in [0, 0.1) is 5.92 Å². The average molecular weight is 230 g/mol. The van der Waals surface area contributed by atoms with Crippen molar-refractivity contribution in [1.29, 1.82) is 0 Å². The molecule has 4 nitrogen and oxygen atoms in total. The lowest BCUT2D eigenvalue weighted by atomic mass is 9.85. The predicted molar refractivity (Wildman–Crippen MR) is 65.9 cm³/mol. The zero-order valence-corrected chi connectivity index (χ0v) is 10.0. The lowest BCUT2D eigenvalue weighted by Gasteiger charge is -2.49. The number of aryl methyl sites for hydroxylation is 1. The molecule has 4 rings (SSSR count). The van der Waals surface area contributed by atoms with E-state index in [-0.39, 0.29) is 5.54 Å². The third kappa shape index (κ3) is 1.40. The van der Waals surface area contributed by atoms with Gasteiger partial charge in [-0.25, -0.2) is 9.97 Å². The van der Waals surface area contributed by atoms with Crippen LogP contribution in [0.3, 0.4) is 0 Å². The van der Waals surface area contributed by atoms with E-state index >= 15 is 0 Å². The van der Waals surface area contributed by atoms with Crippen LogP contribution in [0.4, 0.5) is 5.82 Å².